The van der Waals surface area contributed by atoms with Gasteiger partial charge in [0.05, 0.1) is 4.90 Å². The van der Waals surface area contributed by atoms with Crippen molar-refractivity contribution < 1.29 is 17.7 Å². The van der Waals surface area contributed by atoms with Crippen LogP contribution >= 0.6 is 0 Å². The molecule has 0 atom stereocenters. The van der Waals surface area contributed by atoms with Crippen LogP contribution in [0, 0.1) is 0 Å². The number of rotatable bonds is 12. The van der Waals surface area contributed by atoms with E-state index in [0.717, 1.165) is 89.5 Å². The molecule has 46 heavy (non-hydrogen) atoms. The molecule has 236 valence electrons. The van der Waals surface area contributed by atoms with Crippen LogP contribution < -0.4 is 15.4 Å². The second-order valence-electron chi connectivity index (χ2n) is 11.9. The molecule has 0 fully saturated rings. The van der Waals surface area contributed by atoms with Crippen molar-refractivity contribution in [1.82, 2.24) is 0 Å². The lowest BCUT2D eigenvalue weighted by atomic mass is 9.82. The third-order valence-corrected chi connectivity index (χ3v) is 9.44. The van der Waals surface area contributed by atoms with Gasteiger partial charge in [0.1, 0.15) is 11.5 Å². The molecule has 3 N–H and O–H groups in total. The lowest BCUT2D eigenvalue weighted by Crippen LogP contribution is -2.12. The molecule has 1 aliphatic heterocycles. The normalized spacial score (nSPS) is 12.6. The predicted molar refractivity (Wildman–Crippen MR) is 187 cm³/mol. The SMILES string of the molecule is CCCCc1ccccc1Nc1ccc2c(c1)Oc1cc(Nc3ccccc3CCCC)ccc1C2c1ccc(S(=O)(=O)O)cc1. The zero-order chi connectivity index (χ0) is 32.1. The van der Waals surface area contributed by atoms with Crippen molar-refractivity contribution in [3.05, 3.63) is 137 Å². The van der Waals surface area contributed by atoms with Gasteiger partial charge in [0.25, 0.3) is 10.1 Å². The van der Waals surface area contributed by atoms with Gasteiger partial charge in [0, 0.05) is 51.9 Å². The largest absolute Gasteiger partial charge is 0.457 e. The number of hydrogen-bond acceptors (Lipinski definition) is 5. The molecule has 0 saturated heterocycles. The Morgan fingerprint density at radius 3 is 1.59 bits per heavy atom. The first-order valence-corrected chi connectivity index (χ1v) is 17.5. The minimum Gasteiger partial charge on any atom is -0.457 e. The molecule has 0 bridgehead atoms. The van der Waals surface area contributed by atoms with Gasteiger partial charge in [-0.3, -0.25) is 4.55 Å². The Labute approximate surface area is 272 Å². The van der Waals surface area contributed by atoms with Gasteiger partial charge in [-0.1, -0.05) is 87.4 Å². The fourth-order valence-electron chi connectivity index (χ4n) is 6.12. The molecule has 0 amide bonds. The molecule has 0 unspecified atom stereocenters. The zero-order valence-corrected chi connectivity index (χ0v) is 27.1. The van der Waals surface area contributed by atoms with E-state index in [1.807, 2.05) is 24.3 Å². The highest BCUT2D eigenvalue weighted by atomic mass is 32.2. The molecule has 0 saturated carbocycles. The summed E-state index contributed by atoms with van der Waals surface area (Å²) in [5, 5.41) is 7.23. The number of hydrogen-bond donors (Lipinski definition) is 3. The van der Waals surface area contributed by atoms with E-state index in [0.29, 0.717) is 0 Å². The number of anilines is 4. The van der Waals surface area contributed by atoms with Crippen LogP contribution in [0.5, 0.6) is 11.5 Å². The van der Waals surface area contributed by atoms with Gasteiger partial charge in [0.15, 0.2) is 0 Å². The van der Waals surface area contributed by atoms with Crippen molar-refractivity contribution in [1.29, 1.82) is 0 Å². The summed E-state index contributed by atoms with van der Waals surface area (Å²) in [6.07, 6.45) is 6.53. The molecular weight excluding hydrogens is 593 g/mol. The minimum absolute atomic E-state index is 0.133. The van der Waals surface area contributed by atoms with Crippen LogP contribution in [0.4, 0.5) is 22.7 Å². The molecule has 7 heteroatoms. The fourth-order valence-corrected chi connectivity index (χ4v) is 6.60. The van der Waals surface area contributed by atoms with E-state index in [4.69, 9.17) is 4.74 Å². The van der Waals surface area contributed by atoms with Gasteiger partial charge < -0.3 is 15.4 Å². The second-order valence-corrected chi connectivity index (χ2v) is 13.3. The Morgan fingerprint density at radius 2 is 1.13 bits per heavy atom. The van der Waals surface area contributed by atoms with Crippen molar-refractivity contribution in [2.45, 2.75) is 63.2 Å². The van der Waals surface area contributed by atoms with Crippen LogP contribution in [0.3, 0.4) is 0 Å². The van der Waals surface area contributed by atoms with E-state index in [1.54, 1.807) is 12.1 Å². The average molecular weight is 633 g/mol. The van der Waals surface area contributed by atoms with E-state index in [2.05, 4.69) is 85.1 Å². The Morgan fingerprint density at radius 1 is 0.652 bits per heavy atom. The standard InChI is InChI=1S/C39H40N2O4S/c1-3-5-11-27-13-7-9-15-35(27)40-30-19-23-33-37(25-30)45-38-26-31(41-36-16-10-8-14-28(36)12-6-4-2)20-24-34(38)39(33)29-17-21-32(22-18-29)46(42,43)44/h7-10,13-26,39-41H,3-6,11-12H2,1-2H3,(H,42,43,44). The second kappa shape index (κ2) is 13.8. The van der Waals surface area contributed by atoms with Gasteiger partial charge >= 0.3 is 0 Å². The summed E-state index contributed by atoms with van der Waals surface area (Å²) in [4.78, 5) is -0.133. The molecule has 6 nitrogen and oxygen atoms in total. The fraction of sp³-hybridized carbons (Fsp3) is 0.231. The van der Waals surface area contributed by atoms with Crippen LogP contribution in [-0.4, -0.2) is 13.0 Å². The van der Waals surface area contributed by atoms with E-state index >= 15 is 0 Å². The van der Waals surface area contributed by atoms with Crippen molar-refractivity contribution in [2.24, 2.45) is 0 Å². The maximum absolute atomic E-state index is 11.8. The number of unbranched alkanes of at least 4 members (excludes halogenated alkanes) is 2. The van der Waals surface area contributed by atoms with E-state index in [1.165, 1.54) is 23.3 Å². The monoisotopic (exact) mass is 632 g/mol. The highest BCUT2D eigenvalue weighted by molar-refractivity contribution is 7.85. The van der Waals surface area contributed by atoms with Crippen LogP contribution in [-0.2, 0) is 23.0 Å². The maximum atomic E-state index is 11.8. The molecule has 0 aliphatic carbocycles. The van der Waals surface area contributed by atoms with Crippen LogP contribution in [0.1, 0.15) is 73.3 Å². The van der Waals surface area contributed by atoms with Crippen molar-refractivity contribution >= 4 is 32.9 Å². The number of para-hydroxylation sites is 2. The predicted octanol–water partition coefficient (Wildman–Crippen LogP) is 10.4. The highest BCUT2D eigenvalue weighted by Crippen LogP contribution is 2.49. The Balaban J connectivity index is 1.38. The van der Waals surface area contributed by atoms with Gasteiger partial charge in [-0.15, -0.1) is 0 Å². The summed E-state index contributed by atoms with van der Waals surface area (Å²) in [5.41, 5.74) is 9.41. The van der Waals surface area contributed by atoms with Crippen molar-refractivity contribution in [2.75, 3.05) is 10.6 Å². The number of ether oxygens (including phenoxy) is 1. The summed E-state index contributed by atoms with van der Waals surface area (Å²) in [7, 11) is -4.30. The smallest absolute Gasteiger partial charge is 0.294 e. The number of benzene rings is 5. The molecule has 1 heterocycles. The summed E-state index contributed by atoms with van der Waals surface area (Å²) >= 11 is 0. The first kappa shape index (κ1) is 31.4. The van der Waals surface area contributed by atoms with Crippen molar-refractivity contribution in [3.63, 3.8) is 0 Å². The molecular formula is C39H40N2O4S. The first-order valence-electron chi connectivity index (χ1n) is 16.1. The summed E-state index contributed by atoms with van der Waals surface area (Å²) in [6, 6.07) is 35.6. The quantitative estimate of drug-likeness (QED) is 0.116. The minimum atomic E-state index is -4.30. The molecule has 6 rings (SSSR count). The lowest BCUT2D eigenvalue weighted by molar-refractivity contribution is 0.453. The summed E-state index contributed by atoms with van der Waals surface area (Å²) < 4.78 is 39.8. The third kappa shape index (κ3) is 6.96. The number of nitrogens with one attached hydrogen (secondary N) is 2. The molecule has 0 radical (unpaired) electrons. The van der Waals surface area contributed by atoms with E-state index in [9.17, 15) is 13.0 Å². The highest BCUT2D eigenvalue weighted by Gasteiger charge is 2.30. The molecule has 5 aromatic rings. The van der Waals surface area contributed by atoms with Gasteiger partial charge in [-0.2, -0.15) is 8.42 Å². The van der Waals surface area contributed by atoms with Gasteiger partial charge in [0.2, 0.25) is 0 Å². The Hall–Kier alpha value is -4.59. The molecule has 1 aliphatic rings. The van der Waals surface area contributed by atoms with E-state index in [-0.39, 0.29) is 10.8 Å². The number of fused-ring (bicyclic) bond motifs is 2. The zero-order valence-electron chi connectivity index (χ0n) is 26.3. The van der Waals surface area contributed by atoms with Gasteiger partial charge in [-0.05, 0) is 78.8 Å². The molecule has 0 aromatic heterocycles. The third-order valence-electron chi connectivity index (χ3n) is 8.57. The Bertz CT molecular complexity index is 1830. The van der Waals surface area contributed by atoms with Crippen LogP contribution in [0.25, 0.3) is 0 Å². The molecule has 0 spiro atoms. The van der Waals surface area contributed by atoms with Gasteiger partial charge in [-0.25, -0.2) is 0 Å². The average Bonchev–Trinajstić information content (AvgIpc) is 3.06. The van der Waals surface area contributed by atoms with Crippen LogP contribution in [0.15, 0.2) is 114 Å². The topological polar surface area (TPSA) is 87.7 Å². The summed E-state index contributed by atoms with van der Waals surface area (Å²) in [6.45, 7) is 4.40. The molecule has 5 aromatic carbocycles. The first-order chi connectivity index (χ1) is 22.3. The maximum Gasteiger partial charge on any atom is 0.294 e. The Kier molecular flexibility index (Phi) is 9.43. The van der Waals surface area contributed by atoms with Crippen molar-refractivity contribution in [3.8, 4) is 11.5 Å². The lowest BCUT2D eigenvalue weighted by Gasteiger charge is -2.30. The van der Waals surface area contributed by atoms with E-state index < -0.39 is 10.1 Å². The summed E-state index contributed by atoms with van der Waals surface area (Å²) in [5.74, 6) is 1.26. The van der Waals surface area contributed by atoms with Crippen LogP contribution in [0.2, 0.25) is 0 Å². The number of aryl methyl sites for hydroxylation is 2.